The van der Waals surface area contributed by atoms with Gasteiger partial charge in [-0.1, -0.05) is 35.9 Å². The fraction of sp³-hybridized carbons (Fsp3) is 0.190. The molecule has 28 heavy (non-hydrogen) atoms. The Balaban J connectivity index is 1.82. The van der Waals surface area contributed by atoms with Crippen molar-refractivity contribution in [2.24, 2.45) is 5.84 Å². The molecule has 0 bridgehead atoms. The lowest BCUT2D eigenvalue weighted by molar-refractivity contribution is 0.103. The zero-order valence-electron chi connectivity index (χ0n) is 16.0. The van der Waals surface area contributed by atoms with E-state index in [1.54, 1.807) is 12.4 Å². The van der Waals surface area contributed by atoms with Crippen LogP contribution in [-0.2, 0) is 6.54 Å². The van der Waals surface area contributed by atoms with Crippen LogP contribution in [0.3, 0.4) is 0 Å². The van der Waals surface area contributed by atoms with E-state index in [0.717, 1.165) is 21.6 Å². The third-order valence-electron chi connectivity index (χ3n) is 4.48. The van der Waals surface area contributed by atoms with Gasteiger partial charge < -0.3 is 5.32 Å². The Bertz CT molecular complexity index is 997. The van der Waals surface area contributed by atoms with Gasteiger partial charge in [0.2, 0.25) is 0 Å². The van der Waals surface area contributed by atoms with Gasteiger partial charge in [-0.2, -0.15) is 0 Å². The molecule has 3 aromatic rings. The number of benzene rings is 1. The molecule has 3 N–H and O–H groups in total. The van der Waals surface area contributed by atoms with Gasteiger partial charge in [0.05, 0.1) is 12.1 Å². The molecule has 0 aliphatic carbocycles. The van der Waals surface area contributed by atoms with Gasteiger partial charge in [0.1, 0.15) is 5.00 Å². The van der Waals surface area contributed by atoms with E-state index in [4.69, 9.17) is 18.1 Å². The van der Waals surface area contributed by atoms with Crippen molar-refractivity contribution in [1.29, 1.82) is 0 Å². The maximum Gasteiger partial charge on any atom is 0.196 e. The Hall–Kier alpha value is -2.61. The van der Waals surface area contributed by atoms with Crippen molar-refractivity contribution >= 4 is 39.5 Å². The van der Waals surface area contributed by atoms with Crippen molar-refractivity contribution in [3.63, 3.8) is 0 Å². The first-order chi connectivity index (χ1) is 13.4. The lowest BCUT2D eigenvalue weighted by atomic mass is 10.0. The lowest BCUT2D eigenvalue weighted by Gasteiger charge is -2.20. The normalized spacial score (nSPS) is 10.6. The van der Waals surface area contributed by atoms with E-state index >= 15 is 0 Å². The maximum absolute atomic E-state index is 13.1. The molecule has 0 aliphatic heterocycles. The number of hydrogen-bond acceptors (Lipinski definition) is 5. The van der Waals surface area contributed by atoms with Gasteiger partial charge in [-0.25, -0.2) is 5.84 Å². The number of nitrogens with zero attached hydrogens (tertiary/aromatic N) is 2. The Morgan fingerprint density at radius 3 is 2.57 bits per heavy atom. The van der Waals surface area contributed by atoms with Crippen LogP contribution in [0.2, 0.25) is 0 Å². The molecule has 0 spiro atoms. The number of aryl methyl sites for hydroxylation is 2. The van der Waals surface area contributed by atoms with Gasteiger partial charge in [0, 0.05) is 22.8 Å². The molecule has 2 heterocycles. The van der Waals surface area contributed by atoms with Crippen molar-refractivity contribution in [3.8, 4) is 0 Å². The third-order valence-corrected chi connectivity index (χ3v) is 5.94. The molecule has 0 amide bonds. The largest absolute Gasteiger partial charge is 0.323 e. The van der Waals surface area contributed by atoms with Crippen LogP contribution in [0.15, 0.2) is 48.8 Å². The van der Waals surface area contributed by atoms with E-state index < -0.39 is 0 Å². The van der Waals surface area contributed by atoms with Gasteiger partial charge in [0.15, 0.2) is 10.9 Å². The molecular weight excluding hydrogens is 388 g/mol. The summed E-state index contributed by atoms with van der Waals surface area (Å²) >= 11 is 6.96. The molecule has 5 nitrogen and oxygen atoms in total. The molecule has 1 aromatic carbocycles. The van der Waals surface area contributed by atoms with Gasteiger partial charge >= 0.3 is 0 Å². The Morgan fingerprint density at radius 1 is 1.21 bits per heavy atom. The fourth-order valence-electron chi connectivity index (χ4n) is 2.77. The summed E-state index contributed by atoms with van der Waals surface area (Å²) < 4.78 is 0. The Morgan fingerprint density at radius 2 is 1.93 bits per heavy atom. The minimum Gasteiger partial charge on any atom is -0.323 e. The zero-order valence-corrected chi connectivity index (χ0v) is 17.7. The first-order valence-corrected chi connectivity index (χ1v) is 10.0. The first kappa shape index (κ1) is 20.1. The van der Waals surface area contributed by atoms with Gasteiger partial charge in [-0.15, -0.1) is 11.3 Å². The SMILES string of the molecule is Cc1ccc(C(=O)c2c(NC(=S)N(N)Cc3cccnc3)sc(C)c2C)cc1. The number of nitrogens with one attached hydrogen (secondary N) is 1. The summed E-state index contributed by atoms with van der Waals surface area (Å²) in [6.45, 7) is 6.37. The van der Waals surface area contributed by atoms with Crippen LogP contribution in [0, 0.1) is 20.8 Å². The van der Waals surface area contributed by atoms with Crippen molar-refractivity contribution in [3.05, 3.63) is 81.5 Å². The molecule has 2 aromatic heterocycles. The number of rotatable bonds is 5. The number of thiocarbonyl (C=S) groups is 1. The molecule has 0 saturated heterocycles. The smallest absolute Gasteiger partial charge is 0.196 e. The molecule has 0 radical (unpaired) electrons. The number of carbonyl (C=O) groups is 1. The first-order valence-electron chi connectivity index (χ1n) is 8.80. The standard InChI is InChI=1S/C21H22N4OS2/c1-13-6-8-17(9-7-13)19(26)18-14(2)15(3)28-20(18)24-21(27)25(22)12-16-5-4-10-23-11-16/h4-11H,12,22H2,1-3H3,(H,24,27). The Labute approximate surface area is 174 Å². The summed E-state index contributed by atoms with van der Waals surface area (Å²) in [6, 6.07) is 11.4. The van der Waals surface area contributed by atoms with Crippen LogP contribution in [0.25, 0.3) is 0 Å². The monoisotopic (exact) mass is 410 g/mol. The highest BCUT2D eigenvalue weighted by Gasteiger charge is 2.22. The predicted molar refractivity (Wildman–Crippen MR) is 119 cm³/mol. The number of carbonyl (C=O) groups excluding carboxylic acids is 1. The third kappa shape index (κ3) is 4.44. The van der Waals surface area contributed by atoms with Gasteiger partial charge in [-0.3, -0.25) is 14.8 Å². The second-order valence-corrected chi connectivity index (χ2v) is 8.21. The number of ketones is 1. The average molecular weight is 411 g/mol. The molecule has 0 fully saturated rings. The van der Waals surface area contributed by atoms with Crippen LogP contribution in [0.4, 0.5) is 5.00 Å². The van der Waals surface area contributed by atoms with E-state index in [9.17, 15) is 4.79 Å². The highest BCUT2D eigenvalue weighted by Crippen LogP contribution is 2.34. The van der Waals surface area contributed by atoms with E-state index in [-0.39, 0.29) is 5.78 Å². The topological polar surface area (TPSA) is 71.2 Å². The second-order valence-electron chi connectivity index (χ2n) is 6.60. The average Bonchev–Trinajstić information content (AvgIpc) is 2.96. The molecule has 144 valence electrons. The van der Waals surface area contributed by atoms with E-state index in [0.29, 0.717) is 27.8 Å². The number of anilines is 1. The molecule has 3 rings (SSSR count). The summed E-state index contributed by atoms with van der Waals surface area (Å²) in [4.78, 5) is 18.3. The minimum atomic E-state index is -0.0250. The van der Waals surface area contributed by atoms with Crippen LogP contribution < -0.4 is 11.2 Å². The predicted octanol–water partition coefficient (Wildman–Crippen LogP) is 4.37. The van der Waals surface area contributed by atoms with Gasteiger partial charge in [0.25, 0.3) is 0 Å². The van der Waals surface area contributed by atoms with Crippen molar-refractivity contribution < 1.29 is 4.79 Å². The summed E-state index contributed by atoms with van der Waals surface area (Å²) in [5.41, 5.74) is 4.31. The van der Waals surface area contributed by atoms with Crippen LogP contribution in [0.1, 0.15) is 37.5 Å². The van der Waals surface area contributed by atoms with Crippen molar-refractivity contribution in [1.82, 2.24) is 9.99 Å². The molecule has 0 aliphatic rings. The maximum atomic E-state index is 13.1. The summed E-state index contributed by atoms with van der Waals surface area (Å²) in [7, 11) is 0. The minimum absolute atomic E-state index is 0.0250. The van der Waals surface area contributed by atoms with E-state index in [2.05, 4.69) is 10.3 Å². The quantitative estimate of drug-likeness (QED) is 0.282. The molecule has 7 heteroatoms. The van der Waals surface area contributed by atoms with E-state index in [1.165, 1.54) is 16.3 Å². The van der Waals surface area contributed by atoms with Crippen LogP contribution in [0.5, 0.6) is 0 Å². The molecular formula is C21H22N4OS2. The molecule has 0 unspecified atom stereocenters. The summed E-state index contributed by atoms with van der Waals surface area (Å²) in [5, 5.41) is 5.67. The van der Waals surface area contributed by atoms with Crippen LogP contribution >= 0.6 is 23.6 Å². The zero-order chi connectivity index (χ0) is 20.3. The molecule has 0 saturated carbocycles. The van der Waals surface area contributed by atoms with Gasteiger partial charge in [-0.05, 0) is 50.2 Å². The number of aromatic nitrogens is 1. The number of thiophene rings is 1. The number of nitrogens with two attached hydrogens (primary N) is 1. The number of hydrogen-bond donors (Lipinski definition) is 2. The summed E-state index contributed by atoms with van der Waals surface area (Å²) in [5.74, 6) is 6.09. The Kier molecular flexibility index (Phi) is 6.18. The lowest BCUT2D eigenvalue weighted by Crippen LogP contribution is -2.39. The van der Waals surface area contributed by atoms with Crippen LogP contribution in [-0.4, -0.2) is 20.9 Å². The van der Waals surface area contributed by atoms with E-state index in [1.807, 2.05) is 57.2 Å². The number of hydrazine groups is 1. The molecule has 0 atom stereocenters. The summed E-state index contributed by atoms with van der Waals surface area (Å²) in [6.07, 6.45) is 3.45. The highest BCUT2D eigenvalue weighted by molar-refractivity contribution is 7.80. The van der Waals surface area contributed by atoms with Crippen molar-refractivity contribution in [2.45, 2.75) is 27.3 Å². The highest BCUT2D eigenvalue weighted by atomic mass is 32.1. The second kappa shape index (κ2) is 8.60. The fourth-order valence-corrected chi connectivity index (χ4v) is 4.05. The van der Waals surface area contributed by atoms with Crippen molar-refractivity contribution in [2.75, 3.05) is 5.32 Å². The number of pyridine rings is 1.